The van der Waals surface area contributed by atoms with Gasteiger partial charge in [-0.15, -0.1) is 0 Å². The number of benzene rings is 10. The second-order valence-electron chi connectivity index (χ2n) is 30.4. The van der Waals surface area contributed by atoms with Crippen molar-refractivity contribution in [2.24, 2.45) is 17.7 Å². The Bertz CT molecular complexity index is 5880. The number of para-hydroxylation sites is 4. The van der Waals surface area contributed by atoms with E-state index >= 15 is 0 Å². The molecular weight excluding hydrogens is 1650 g/mol. The Balaban J connectivity index is 0.000000162. The fourth-order valence-corrected chi connectivity index (χ4v) is 15.7. The molecule has 0 saturated carbocycles. The van der Waals surface area contributed by atoms with Gasteiger partial charge in [-0.1, -0.05) is 236 Å². The fourth-order valence-electron chi connectivity index (χ4n) is 15.3. The quantitative estimate of drug-likeness (QED) is 0.0152. The number of halogens is 3. The van der Waals surface area contributed by atoms with E-state index in [4.69, 9.17) is 55.2 Å². The number of carboxylic acids is 2. The van der Waals surface area contributed by atoms with Crippen molar-refractivity contribution in [1.29, 1.82) is 0 Å². The molecule has 3 amide bonds. The van der Waals surface area contributed by atoms with E-state index in [2.05, 4.69) is 50.2 Å². The number of likely N-dealkylation sites (tertiary alicyclic amines) is 1. The topological polar surface area (TPSA) is 288 Å². The number of carboxylic acid groups (broad SMARTS) is 2. The molecule has 2 saturated heterocycles. The van der Waals surface area contributed by atoms with Crippen molar-refractivity contribution in [3.63, 3.8) is 0 Å². The predicted molar refractivity (Wildman–Crippen MR) is 502 cm³/mol. The minimum Gasteiger partial charge on any atom is -0.477 e. The second kappa shape index (κ2) is 47.8. The number of aromatic nitrogens is 3. The zero-order valence-corrected chi connectivity index (χ0v) is 74.2. The molecule has 1 aliphatic carbocycles. The van der Waals surface area contributed by atoms with Crippen LogP contribution in [0.1, 0.15) is 147 Å². The number of aryl methyl sites for hydroxylation is 3. The van der Waals surface area contributed by atoms with Crippen LogP contribution in [0.15, 0.2) is 266 Å². The van der Waals surface area contributed by atoms with Crippen LogP contribution in [-0.4, -0.2) is 116 Å². The number of nitrogens with zero attached hydrogens (tertiary/aromatic N) is 4. The standard InChI is InChI=1S/C30H30ClN3O2.C19H18ClNO2.C17H14ClNO2.C13H18N2O.C13H14O2.C6H8N2.C4H6O3/c1-21-26-9-5-6-10-27(26)34(20-23-11-13-25(31)14-12-23)28(21)30(36)33-17-15-24(16-18-33)29(35)32-19-22-7-3-2-4-8-22;1-3-23-19(22)18-13(2)16-6-4-5-7-17(16)21(18)12-14-8-10-15(20)11-9-14;1-11-14-4-2-3-5-15(14)19(16(11)17(20)21)10-12-6-8-13(18)9-7-12;16-13(12-6-8-14-9-7-12)15-10-11-4-2-1-3-5-11;1-3-15-13(14)12-8-10-6-4-5-7-11(10)9(12)2;7-8-6-4-2-1-3-5-6;1-2-3(5)4(6)7/h2-14,24H,15-20H2,1H3,(H,32,35);4-11H,3,12H2,1-2H3;2-9H,10H2,1H3,(H,20,21);1-5,12,14H,6-10H2,(H,15,16);4-7H,3,8H2,1-2H3;1-5,8H,7H2;2H2,1H3,(H,6,7). The summed E-state index contributed by atoms with van der Waals surface area (Å²) in [5, 5.41) is 31.9. The highest BCUT2D eigenvalue weighted by molar-refractivity contribution is 6.32. The van der Waals surface area contributed by atoms with E-state index < -0.39 is 17.7 Å². The average Bonchev–Trinajstić information content (AvgIpc) is 1.63. The number of nitrogen functional groups attached to an aromatic ring is 1. The minimum absolute atomic E-state index is 0.0285. The zero-order chi connectivity index (χ0) is 90.2. The first kappa shape index (κ1) is 95.3. The van der Waals surface area contributed by atoms with Crippen LogP contribution in [0.25, 0.3) is 38.3 Å². The molecule has 24 heteroatoms. The SMILES string of the molecule is CCC(=O)C(=O)O.CCOC(=O)C1=C(C)c2ccccc2C1.CCOC(=O)c1c(C)c2ccccc2n1Cc1ccc(Cl)cc1.Cc1c(C(=O)N2CCC(C(=O)NCc3ccccc3)CC2)n(Cc2ccc(Cl)cc2)c2ccccc12.Cc1c(C(=O)O)n(Cc2ccc(Cl)cc2)c2ccccc12.NNc1ccccc1.O=C(NCc1ccccc1)C1CCNCC1. The van der Waals surface area contributed by atoms with Gasteiger partial charge in [0, 0.05) is 130 Å². The van der Waals surface area contributed by atoms with Gasteiger partial charge in [0.25, 0.3) is 5.91 Å². The number of ketones is 1. The van der Waals surface area contributed by atoms with Gasteiger partial charge < -0.3 is 59.7 Å². The van der Waals surface area contributed by atoms with Crippen molar-refractivity contribution in [2.75, 3.05) is 44.8 Å². The molecule has 8 N–H and O–H groups in total. The molecule has 0 radical (unpaired) electrons. The smallest absolute Gasteiger partial charge is 0.372 e. The summed E-state index contributed by atoms with van der Waals surface area (Å²) in [7, 11) is 0. The van der Waals surface area contributed by atoms with Crippen LogP contribution < -0.4 is 27.2 Å². The van der Waals surface area contributed by atoms with Gasteiger partial charge in [-0.3, -0.25) is 25.0 Å². The maximum Gasteiger partial charge on any atom is 0.372 e. The molecule has 5 heterocycles. The van der Waals surface area contributed by atoms with Crippen LogP contribution in [0, 0.1) is 32.6 Å². The minimum atomic E-state index is -1.34. The van der Waals surface area contributed by atoms with E-state index in [1.165, 1.54) is 18.1 Å². The number of aliphatic carboxylic acids is 1. The lowest BCUT2D eigenvalue weighted by Crippen LogP contribution is -2.43. The number of nitrogens with one attached hydrogen (secondary N) is 4. The molecule has 2 aliphatic heterocycles. The number of ether oxygens (including phenoxy) is 2. The first-order chi connectivity index (χ1) is 60.9. The monoisotopic (exact) mass is 1760 g/mol. The number of allylic oxidation sites excluding steroid dienone is 1. The van der Waals surface area contributed by atoms with E-state index in [0.717, 1.165) is 126 Å². The maximum absolute atomic E-state index is 13.8. The van der Waals surface area contributed by atoms with E-state index in [9.17, 15) is 43.5 Å². The molecule has 0 spiro atoms. The molecule has 2 fully saturated rings. The number of hydrogen-bond donors (Lipinski definition) is 7. The molecule has 3 aromatic heterocycles. The highest BCUT2D eigenvalue weighted by Crippen LogP contribution is 2.35. The van der Waals surface area contributed by atoms with Crippen LogP contribution in [0.2, 0.25) is 15.1 Å². The molecule has 0 atom stereocenters. The number of hydrazine groups is 1. The van der Waals surface area contributed by atoms with E-state index in [-0.39, 0.29) is 47.9 Å². The van der Waals surface area contributed by atoms with E-state index in [1.807, 2.05) is 292 Å². The summed E-state index contributed by atoms with van der Waals surface area (Å²) < 4.78 is 16.3. The van der Waals surface area contributed by atoms with Gasteiger partial charge in [0.15, 0.2) is 0 Å². The highest BCUT2D eigenvalue weighted by Gasteiger charge is 2.32. The Labute approximate surface area is 750 Å². The maximum atomic E-state index is 13.8. The van der Waals surface area contributed by atoms with E-state index in [1.54, 1.807) is 0 Å². The van der Waals surface area contributed by atoms with Crippen LogP contribution in [0.5, 0.6) is 0 Å². The number of aromatic carboxylic acids is 1. The van der Waals surface area contributed by atoms with Crippen LogP contribution in [0.4, 0.5) is 5.69 Å². The normalized spacial score (nSPS) is 12.7. The summed E-state index contributed by atoms with van der Waals surface area (Å²) in [4.78, 5) is 95.5. The van der Waals surface area contributed by atoms with Crippen LogP contribution in [0.3, 0.4) is 0 Å². The third-order valence-corrected chi connectivity index (χ3v) is 22.8. The third-order valence-electron chi connectivity index (χ3n) is 22.1. The Kier molecular flexibility index (Phi) is 36.2. The van der Waals surface area contributed by atoms with Crippen molar-refractivity contribution >= 4 is 126 Å². The number of carbonyl (C=O) groups is 8. The van der Waals surface area contributed by atoms with Crippen molar-refractivity contribution in [3.8, 4) is 0 Å². The highest BCUT2D eigenvalue weighted by atomic mass is 35.5. The first-order valence-electron chi connectivity index (χ1n) is 42.1. The predicted octanol–water partition coefficient (Wildman–Crippen LogP) is 19.9. The zero-order valence-electron chi connectivity index (χ0n) is 72.0. The number of amides is 3. The lowest BCUT2D eigenvalue weighted by molar-refractivity contribution is -0.148. The molecular formula is C102H108Cl3N9O12. The number of hydrogen-bond acceptors (Lipinski definition) is 13. The molecule has 13 aromatic rings. The fraction of sp³-hybridized carbons (Fsp3) is 0.255. The molecule has 0 unspecified atom stereocenters. The Hall–Kier alpha value is -12.9. The molecule has 3 aliphatic rings. The number of rotatable bonds is 21. The van der Waals surface area contributed by atoms with Crippen molar-refractivity contribution in [3.05, 3.63) is 354 Å². The number of nitrogens with two attached hydrogens (primary N) is 1. The Morgan fingerprint density at radius 1 is 0.437 bits per heavy atom. The molecule has 126 heavy (non-hydrogen) atoms. The molecule has 0 bridgehead atoms. The number of anilines is 1. The Morgan fingerprint density at radius 3 is 1.21 bits per heavy atom. The van der Waals surface area contributed by atoms with Gasteiger partial charge in [0.1, 0.15) is 17.1 Å². The van der Waals surface area contributed by atoms with E-state index in [0.29, 0.717) is 105 Å². The average molecular weight is 1760 g/mol. The summed E-state index contributed by atoms with van der Waals surface area (Å²) in [5.41, 5.74) is 20.6. The summed E-state index contributed by atoms with van der Waals surface area (Å²) in [5.74, 6) is 2.08. The van der Waals surface area contributed by atoms with Gasteiger partial charge in [-0.2, -0.15) is 0 Å². The van der Waals surface area contributed by atoms with Crippen LogP contribution in [-0.2, 0) is 72.6 Å². The first-order valence-corrected chi connectivity index (χ1v) is 43.3. The summed E-state index contributed by atoms with van der Waals surface area (Å²) >= 11 is 17.9. The van der Waals surface area contributed by atoms with Gasteiger partial charge in [0.2, 0.25) is 17.6 Å². The molecule has 10 aromatic carbocycles. The Morgan fingerprint density at radius 2 is 0.810 bits per heavy atom. The lowest BCUT2D eigenvalue weighted by atomic mass is 9.95. The summed E-state index contributed by atoms with van der Waals surface area (Å²) in [6.45, 7) is 19.7. The molecule has 21 nitrogen and oxygen atoms in total. The van der Waals surface area contributed by atoms with Crippen molar-refractivity contribution in [1.82, 2.24) is 34.6 Å². The van der Waals surface area contributed by atoms with Gasteiger partial charge in [0.05, 0.1) is 13.2 Å². The van der Waals surface area contributed by atoms with Crippen molar-refractivity contribution < 1.29 is 58.0 Å². The second-order valence-corrected chi connectivity index (χ2v) is 31.7. The number of fused-ring (bicyclic) bond motifs is 4. The van der Waals surface area contributed by atoms with Gasteiger partial charge >= 0.3 is 23.9 Å². The van der Waals surface area contributed by atoms with Crippen LogP contribution >= 0.6 is 34.8 Å². The lowest BCUT2D eigenvalue weighted by Gasteiger charge is -2.32. The molecule has 16 rings (SSSR count). The number of esters is 2. The van der Waals surface area contributed by atoms with Crippen molar-refractivity contribution in [2.45, 2.75) is 120 Å². The van der Waals surface area contributed by atoms with Gasteiger partial charge in [-0.05, 0) is 208 Å². The summed E-state index contributed by atoms with van der Waals surface area (Å²) in [6.07, 6.45) is 4.04. The largest absolute Gasteiger partial charge is 0.477 e. The number of Topliss-reactive ketones (excluding diaryl/α,β-unsaturated/α-hetero) is 1. The molecule has 654 valence electrons. The van der Waals surface area contributed by atoms with Gasteiger partial charge in [-0.25, -0.2) is 19.2 Å². The third kappa shape index (κ3) is 26.1. The summed E-state index contributed by atoms with van der Waals surface area (Å²) in [6, 6.07) is 84.5. The number of carbonyl (C=O) groups excluding carboxylic acids is 6. The number of piperidine rings is 2.